The number of halogens is 3. The van der Waals surface area contributed by atoms with E-state index in [4.69, 9.17) is 4.74 Å². The molecule has 0 saturated heterocycles. The molecule has 2 aromatic carbocycles. The quantitative estimate of drug-likeness (QED) is 0.801. The summed E-state index contributed by atoms with van der Waals surface area (Å²) in [5.41, 5.74) is 0.0685. The van der Waals surface area contributed by atoms with E-state index < -0.39 is 23.2 Å². The van der Waals surface area contributed by atoms with Crippen LogP contribution in [0.4, 0.5) is 13.2 Å². The molecule has 0 saturated carbocycles. The van der Waals surface area contributed by atoms with Crippen LogP contribution in [0.25, 0.3) is 0 Å². The van der Waals surface area contributed by atoms with Gasteiger partial charge in [-0.2, -0.15) is 0 Å². The highest BCUT2D eigenvalue weighted by atomic mass is 19.2. The lowest BCUT2D eigenvalue weighted by Crippen LogP contribution is -2.09. The van der Waals surface area contributed by atoms with Crippen LogP contribution in [0.2, 0.25) is 0 Å². The summed E-state index contributed by atoms with van der Waals surface area (Å²) in [6, 6.07) is 7.14. The smallest absolute Gasteiger partial charge is 0.173 e. The Kier molecular flexibility index (Phi) is 4.08. The fourth-order valence-corrected chi connectivity index (χ4v) is 1.87. The molecule has 2 aromatic rings. The first-order chi connectivity index (χ1) is 9.52. The predicted molar refractivity (Wildman–Crippen MR) is 67.3 cm³/mol. The van der Waals surface area contributed by atoms with Gasteiger partial charge in [-0.1, -0.05) is 12.1 Å². The lowest BCUT2D eigenvalue weighted by Gasteiger charge is -2.08. The fraction of sp³-hybridized carbons (Fsp3) is 0.133. The van der Waals surface area contributed by atoms with Gasteiger partial charge in [0.2, 0.25) is 0 Å². The van der Waals surface area contributed by atoms with E-state index >= 15 is 0 Å². The second-order valence-corrected chi connectivity index (χ2v) is 4.17. The van der Waals surface area contributed by atoms with E-state index in [1.54, 1.807) is 0 Å². The van der Waals surface area contributed by atoms with Crippen molar-refractivity contribution in [3.05, 3.63) is 65.0 Å². The van der Waals surface area contributed by atoms with E-state index in [9.17, 15) is 18.0 Å². The molecule has 2 rings (SSSR count). The molecular formula is C15H11F3O2. The molecule has 0 bridgehead atoms. The Morgan fingerprint density at radius 1 is 1.05 bits per heavy atom. The molecular weight excluding hydrogens is 269 g/mol. The Hall–Kier alpha value is -2.30. The van der Waals surface area contributed by atoms with Crippen molar-refractivity contribution in [2.24, 2.45) is 0 Å². The normalized spacial score (nSPS) is 10.4. The first kappa shape index (κ1) is 14.1. The number of hydrogen-bond acceptors (Lipinski definition) is 2. The lowest BCUT2D eigenvalue weighted by molar-refractivity contribution is 0.0986. The van der Waals surface area contributed by atoms with E-state index in [1.165, 1.54) is 25.3 Å². The van der Waals surface area contributed by atoms with Gasteiger partial charge in [0.1, 0.15) is 11.6 Å². The van der Waals surface area contributed by atoms with Gasteiger partial charge in [0, 0.05) is 6.42 Å². The molecule has 0 unspecified atom stereocenters. The number of rotatable bonds is 4. The molecule has 104 valence electrons. The lowest BCUT2D eigenvalue weighted by atomic mass is 10.0. The number of hydrogen-bond donors (Lipinski definition) is 0. The summed E-state index contributed by atoms with van der Waals surface area (Å²) < 4.78 is 44.5. The van der Waals surface area contributed by atoms with E-state index in [0.29, 0.717) is 0 Å². The average Bonchev–Trinajstić information content (AvgIpc) is 2.42. The minimum Gasteiger partial charge on any atom is -0.496 e. The van der Waals surface area contributed by atoms with Gasteiger partial charge in [0.05, 0.1) is 12.7 Å². The van der Waals surface area contributed by atoms with Gasteiger partial charge in [0.15, 0.2) is 17.4 Å². The van der Waals surface area contributed by atoms with Crippen molar-refractivity contribution in [2.75, 3.05) is 7.11 Å². The van der Waals surface area contributed by atoms with Gasteiger partial charge in [0.25, 0.3) is 0 Å². The van der Waals surface area contributed by atoms with Crippen LogP contribution in [0.3, 0.4) is 0 Å². The molecule has 0 radical (unpaired) electrons. The summed E-state index contributed by atoms with van der Waals surface area (Å²) in [5, 5.41) is 0. The highest BCUT2D eigenvalue weighted by Gasteiger charge is 2.18. The zero-order chi connectivity index (χ0) is 14.7. The summed E-state index contributed by atoms with van der Waals surface area (Å²) in [4.78, 5) is 12.1. The summed E-state index contributed by atoms with van der Waals surface area (Å²) in [7, 11) is 1.32. The van der Waals surface area contributed by atoms with Gasteiger partial charge in [-0.05, 0) is 29.8 Å². The Morgan fingerprint density at radius 2 is 1.80 bits per heavy atom. The highest BCUT2D eigenvalue weighted by molar-refractivity contribution is 6.00. The molecule has 0 aliphatic heterocycles. The number of carbonyl (C=O) groups is 1. The third kappa shape index (κ3) is 2.82. The van der Waals surface area contributed by atoms with E-state index in [-0.39, 0.29) is 23.3 Å². The Bertz CT molecular complexity index is 654. The zero-order valence-corrected chi connectivity index (χ0v) is 10.6. The third-order valence-electron chi connectivity index (χ3n) is 2.82. The minimum absolute atomic E-state index is 0.109. The van der Waals surface area contributed by atoms with Crippen LogP contribution in [0, 0.1) is 17.5 Å². The summed E-state index contributed by atoms with van der Waals surface area (Å²) >= 11 is 0. The second-order valence-electron chi connectivity index (χ2n) is 4.17. The van der Waals surface area contributed by atoms with Crippen LogP contribution in [0.5, 0.6) is 5.75 Å². The van der Waals surface area contributed by atoms with Gasteiger partial charge in [-0.3, -0.25) is 4.79 Å². The largest absolute Gasteiger partial charge is 0.496 e. The third-order valence-corrected chi connectivity index (χ3v) is 2.82. The number of ketones is 1. The molecule has 0 heterocycles. The Labute approximate surface area is 113 Å². The first-order valence-corrected chi connectivity index (χ1v) is 5.82. The molecule has 0 atom stereocenters. The van der Waals surface area contributed by atoms with Crippen LogP contribution in [-0.4, -0.2) is 12.9 Å². The Morgan fingerprint density at radius 3 is 2.45 bits per heavy atom. The number of carbonyl (C=O) groups excluding carboxylic acids is 1. The summed E-state index contributed by atoms with van der Waals surface area (Å²) in [6.45, 7) is 0. The van der Waals surface area contributed by atoms with Gasteiger partial charge in [-0.25, -0.2) is 13.2 Å². The Balaban J connectivity index is 2.30. The monoisotopic (exact) mass is 280 g/mol. The van der Waals surface area contributed by atoms with E-state index in [1.807, 2.05) is 0 Å². The number of Topliss-reactive ketones (excluding diaryl/α,β-unsaturated/α-hetero) is 1. The fourth-order valence-electron chi connectivity index (χ4n) is 1.87. The standard InChI is InChI=1S/C15H11F3O2/c1-20-14-4-2-3-11(17)15(14)13(19)8-9-5-6-10(16)12(18)7-9/h2-7H,8H2,1H3. The van der Waals surface area contributed by atoms with E-state index in [2.05, 4.69) is 0 Å². The van der Waals surface area contributed by atoms with Crippen molar-refractivity contribution >= 4 is 5.78 Å². The second kappa shape index (κ2) is 5.77. The van der Waals surface area contributed by atoms with Crippen molar-refractivity contribution in [2.45, 2.75) is 6.42 Å². The topological polar surface area (TPSA) is 26.3 Å². The molecule has 0 aliphatic carbocycles. The van der Waals surface area contributed by atoms with Crippen molar-refractivity contribution in [1.82, 2.24) is 0 Å². The van der Waals surface area contributed by atoms with Crippen molar-refractivity contribution in [3.8, 4) is 5.75 Å². The maximum absolute atomic E-state index is 13.7. The molecule has 0 N–H and O–H groups in total. The molecule has 0 aromatic heterocycles. The van der Waals surface area contributed by atoms with Crippen LogP contribution >= 0.6 is 0 Å². The maximum Gasteiger partial charge on any atom is 0.173 e. The summed E-state index contributed by atoms with van der Waals surface area (Å²) in [5.74, 6) is -3.21. The SMILES string of the molecule is COc1cccc(F)c1C(=O)Cc1ccc(F)c(F)c1. The maximum atomic E-state index is 13.7. The van der Waals surface area contributed by atoms with Crippen LogP contribution in [0.15, 0.2) is 36.4 Å². The molecule has 20 heavy (non-hydrogen) atoms. The van der Waals surface area contributed by atoms with Crippen molar-refractivity contribution in [3.63, 3.8) is 0 Å². The predicted octanol–water partition coefficient (Wildman–Crippen LogP) is 3.54. The molecule has 5 heteroatoms. The van der Waals surface area contributed by atoms with Gasteiger partial charge in [-0.15, -0.1) is 0 Å². The molecule has 0 spiro atoms. The molecule has 2 nitrogen and oxygen atoms in total. The van der Waals surface area contributed by atoms with Gasteiger partial charge >= 0.3 is 0 Å². The zero-order valence-electron chi connectivity index (χ0n) is 10.6. The van der Waals surface area contributed by atoms with Crippen LogP contribution < -0.4 is 4.74 Å². The number of benzene rings is 2. The minimum atomic E-state index is -1.05. The molecule has 0 fully saturated rings. The van der Waals surface area contributed by atoms with E-state index in [0.717, 1.165) is 18.2 Å². The molecule has 0 aliphatic rings. The highest BCUT2D eigenvalue weighted by Crippen LogP contribution is 2.23. The summed E-state index contributed by atoms with van der Waals surface area (Å²) in [6.07, 6.45) is -0.242. The van der Waals surface area contributed by atoms with Crippen LogP contribution in [0.1, 0.15) is 15.9 Å². The number of methoxy groups -OCH3 is 1. The van der Waals surface area contributed by atoms with Crippen LogP contribution in [-0.2, 0) is 6.42 Å². The first-order valence-electron chi connectivity index (χ1n) is 5.82. The van der Waals surface area contributed by atoms with Gasteiger partial charge < -0.3 is 4.74 Å². The molecule has 0 amide bonds. The average molecular weight is 280 g/mol. The number of ether oxygens (including phenoxy) is 1. The van der Waals surface area contributed by atoms with Crippen molar-refractivity contribution in [1.29, 1.82) is 0 Å². The van der Waals surface area contributed by atoms with Crippen molar-refractivity contribution < 1.29 is 22.7 Å².